The zero-order chi connectivity index (χ0) is 24.1. The maximum absolute atomic E-state index is 11.8. The number of carbonyl (C=O) groups excluding carboxylic acids is 2. The summed E-state index contributed by atoms with van der Waals surface area (Å²) >= 11 is 0. The Morgan fingerprint density at radius 2 is 1.29 bits per heavy atom. The van der Waals surface area contributed by atoms with Crippen molar-refractivity contribution in [1.29, 1.82) is 0 Å². The van der Waals surface area contributed by atoms with Crippen LogP contribution in [-0.4, -0.2) is 78.1 Å². The van der Waals surface area contributed by atoms with Crippen LogP contribution in [0.3, 0.4) is 0 Å². The van der Waals surface area contributed by atoms with Crippen molar-refractivity contribution < 1.29 is 29.0 Å². The normalized spacial score (nSPS) is 12.9. The molecule has 2 amide bonds. The number of hydrogen-bond acceptors (Lipinski definition) is 7. The van der Waals surface area contributed by atoms with E-state index in [1.807, 2.05) is 4.90 Å². The number of carbonyl (C=O) groups is 3. The minimum absolute atomic E-state index is 0.366. The Hall–Kier alpha value is -2.07. The van der Waals surface area contributed by atoms with Gasteiger partial charge >= 0.3 is 18.2 Å². The second-order valence-corrected chi connectivity index (χ2v) is 9.39. The van der Waals surface area contributed by atoms with Crippen LogP contribution in [0.4, 0.5) is 9.59 Å². The number of amides is 2. The molecule has 0 heterocycles. The topological polar surface area (TPSA) is 143 Å². The highest BCUT2D eigenvalue weighted by atomic mass is 16.6. The van der Waals surface area contributed by atoms with Crippen LogP contribution >= 0.6 is 0 Å². The highest BCUT2D eigenvalue weighted by molar-refractivity contribution is 5.73. The molecule has 0 radical (unpaired) electrons. The van der Waals surface area contributed by atoms with E-state index in [0.717, 1.165) is 0 Å². The van der Waals surface area contributed by atoms with E-state index < -0.39 is 35.4 Å². The van der Waals surface area contributed by atoms with Gasteiger partial charge in [-0.3, -0.25) is 9.69 Å². The van der Waals surface area contributed by atoms with Crippen molar-refractivity contribution in [3.05, 3.63) is 0 Å². The molecule has 0 spiro atoms. The van der Waals surface area contributed by atoms with E-state index in [0.29, 0.717) is 58.4 Å². The first-order valence-corrected chi connectivity index (χ1v) is 10.9. The highest BCUT2D eigenvalue weighted by Gasteiger charge is 2.25. The maximum atomic E-state index is 11.8. The van der Waals surface area contributed by atoms with Gasteiger partial charge in [-0.05, 0) is 73.8 Å². The number of nitrogens with one attached hydrogen (secondary N) is 2. The highest BCUT2D eigenvalue weighted by Crippen LogP contribution is 2.10. The van der Waals surface area contributed by atoms with Gasteiger partial charge in [0.15, 0.2) is 0 Å². The Kier molecular flexibility index (Phi) is 13.1. The van der Waals surface area contributed by atoms with Gasteiger partial charge in [0.1, 0.15) is 17.2 Å². The molecule has 0 aliphatic carbocycles. The summed E-state index contributed by atoms with van der Waals surface area (Å²) in [6, 6.07) is -0.674. The minimum Gasteiger partial charge on any atom is -0.480 e. The summed E-state index contributed by atoms with van der Waals surface area (Å²) in [6.45, 7) is 12.8. The average molecular weight is 447 g/mol. The van der Waals surface area contributed by atoms with Gasteiger partial charge in [0.25, 0.3) is 0 Å². The molecule has 0 aliphatic rings. The predicted molar refractivity (Wildman–Crippen MR) is 119 cm³/mol. The number of alkyl carbamates (subject to hydrolysis) is 2. The lowest BCUT2D eigenvalue weighted by Gasteiger charge is -2.29. The number of carboxylic acid groups (broad SMARTS) is 1. The second kappa shape index (κ2) is 14.1. The lowest BCUT2D eigenvalue weighted by molar-refractivity contribution is -0.143. The Morgan fingerprint density at radius 1 is 0.871 bits per heavy atom. The van der Waals surface area contributed by atoms with Crippen molar-refractivity contribution in [1.82, 2.24) is 15.5 Å². The van der Waals surface area contributed by atoms with Gasteiger partial charge in [0.2, 0.25) is 0 Å². The molecule has 31 heavy (non-hydrogen) atoms. The van der Waals surface area contributed by atoms with Crippen molar-refractivity contribution in [2.24, 2.45) is 5.73 Å². The van der Waals surface area contributed by atoms with Crippen LogP contribution in [0.1, 0.15) is 67.2 Å². The fraction of sp³-hybridized carbons (Fsp3) is 0.857. The minimum atomic E-state index is -0.909. The molecule has 1 atom stereocenters. The number of carboxylic acids is 1. The number of nitrogens with zero attached hydrogens (tertiary/aromatic N) is 1. The molecule has 10 heteroatoms. The van der Waals surface area contributed by atoms with Crippen LogP contribution in [0.2, 0.25) is 0 Å². The van der Waals surface area contributed by atoms with Crippen LogP contribution in [0.15, 0.2) is 0 Å². The van der Waals surface area contributed by atoms with Gasteiger partial charge in [-0.1, -0.05) is 0 Å². The van der Waals surface area contributed by atoms with Gasteiger partial charge < -0.3 is 30.9 Å². The fourth-order valence-electron chi connectivity index (χ4n) is 2.77. The predicted octanol–water partition coefficient (Wildman–Crippen LogP) is 2.31. The number of hydrogen-bond donors (Lipinski definition) is 4. The van der Waals surface area contributed by atoms with Crippen LogP contribution in [0, 0.1) is 0 Å². The molecule has 0 aromatic heterocycles. The van der Waals surface area contributed by atoms with Gasteiger partial charge in [-0.2, -0.15) is 0 Å². The van der Waals surface area contributed by atoms with Gasteiger partial charge in [-0.15, -0.1) is 0 Å². The number of rotatable bonds is 13. The zero-order valence-electron chi connectivity index (χ0n) is 20.0. The molecular formula is C21H42N4O6. The molecule has 0 saturated heterocycles. The summed E-state index contributed by atoms with van der Waals surface area (Å²) in [7, 11) is 0. The molecule has 182 valence electrons. The molecule has 0 fully saturated rings. The van der Waals surface area contributed by atoms with Crippen molar-refractivity contribution in [2.45, 2.75) is 84.5 Å². The summed E-state index contributed by atoms with van der Waals surface area (Å²) in [5.74, 6) is -0.909. The Labute approximate surface area is 186 Å². The SMILES string of the molecule is CC(C)(C)OC(=O)NCCCN(CCCNC(=O)OC(C)(C)C)[C@@H](CCCN)C(=O)O. The van der Waals surface area contributed by atoms with Crippen LogP contribution in [0.5, 0.6) is 0 Å². The smallest absolute Gasteiger partial charge is 0.407 e. The maximum Gasteiger partial charge on any atom is 0.407 e. The summed E-state index contributed by atoms with van der Waals surface area (Å²) in [5, 5.41) is 15.0. The third kappa shape index (κ3) is 16.3. The molecule has 0 bridgehead atoms. The molecule has 10 nitrogen and oxygen atoms in total. The third-order valence-electron chi connectivity index (χ3n) is 3.99. The molecular weight excluding hydrogens is 404 g/mol. The van der Waals surface area contributed by atoms with E-state index in [2.05, 4.69) is 10.6 Å². The van der Waals surface area contributed by atoms with E-state index in [1.165, 1.54) is 0 Å². The Bertz CT molecular complexity index is 521. The first-order valence-electron chi connectivity index (χ1n) is 10.9. The first-order chi connectivity index (χ1) is 14.2. The van der Waals surface area contributed by atoms with Crippen molar-refractivity contribution in [2.75, 3.05) is 32.7 Å². The second-order valence-electron chi connectivity index (χ2n) is 9.39. The van der Waals surface area contributed by atoms with E-state index in [1.54, 1.807) is 41.5 Å². The Morgan fingerprint density at radius 3 is 1.61 bits per heavy atom. The summed E-state index contributed by atoms with van der Waals surface area (Å²) in [5.41, 5.74) is 4.40. The van der Waals surface area contributed by atoms with E-state index in [-0.39, 0.29) is 0 Å². The van der Waals surface area contributed by atoms with Gasteiger partial charge in [0, 0.05) is 26.2 Å². The van der Waals surface area contributed by atoms with E-state index in [9.17, 15) is 19.5 Å². The lowest BCUT2D eigenvalue weighted by atomic mass is 10.1. The summed E-state index contributed by atoms with van der Waals surface area (Å²) in [4.78, 5) is 37.1. The molecule has 0 aromatic carbocycles. The summed E-state index contributed by atoms with van der Waals surface area (Å²) in [6.07, 6.45) is 1.15. The molecule has 5 N–H and O–H groups in total. The summed E-state index contributed by atoms with van der Waals surface area (Å²) < 4.78 is 10.4. The lowest BCUT2D eigenvalue weighted by Crippen LogP contribution is -2.44. The monoisotopic (exact) mass is 446 g/mol. The van der Waals surface area contributed by atoms with Crippen LogP contribution in [0.25, 0.3) is 0 Å². The number of ether oxygens (including phenoxy) is 2. The van der Waals surface area contributed by atoms with Crippen LogP contribution in [-0.2, 0) is 14.3 Å². The van der Waals surface area contributed by atoms with Crippen LogP contribution < -0.4 is 16.4 Å². The average Bonchev–Trinajstić information content (AvgIpc) is 2.58. The van der Waals surface area contributed by atoms with Gasteiger partial charge in [0.05, 0.1) is 0 Å². The van der Waals surface area contributed by atoms with E-state index >= 15 is 0 Å². The Balaban J connectivity index is 4.66. The standard InChI is InChI=1S/C21H42N4O6/c1-20(2,3)30-18(28)23-12-8-14-25(16(17(26)27)10-7-11-22)15-9-13-24-19(29)31-21(4,5)6/h16H,7-15,22H2,1-6H3,(H,23,28)(H,24,29)(H,26,27)/t16-/m0/s1. The van der Waals surface area contributed by atoms with E-state index in [4.69, 9.17) is 15.2 Å². The molecule has 0 saturated carbocycles. The largest absolute Gasteiger partial charge is 0.480 e. The molecule has 0 aliphatic heterocycles. The van der Waals surface area contributed by atoms with Gasteiger partial charge in [-0.25, -0.2) is 9.59 Å². The quantitative estimate of drug-likeness (QED) is 0.316. The molecule has 0 aromatic rings. The van der Waals surface area contributed by atoms with Crippen molar-refractivity contribution in [3.8, 4) is 0 Å². The molecule has 0 unspecified atom stereocenters. The van der Waals surface area contributed by atoms with Crippen molar-refractivity contribution >= 4 is 18.2 Å². The fourth-order valence-corrected chi connectivity index (χ4v) is 2.77. The first kappa shape index (κ1) is 28.9. The number of aliphatic carboxylic acids is 1. The number of nitrogens with two attached hydrogens (primary N) is 1. The third-order valence-corrected chi connectivity index (χ3v) is 3.99. The zero-order valence-corrected chi connectivity index (χ0v) is 20.0. The van der Waals surface area contributed by atoms with Crippen molar-refractivity contribution in [3.63, 3.8) is 0 Å². The molecule has 0 rings (SSSR count).